The van der Waals surface area contributed by atoms with Crippen molar-refractivity contribution in [2.45, 2.75) is 44.2 Å². The fourth-order valence-electron chi connectivity index (χ4n) is 2.85. The molecule has 0 heterocycles. The molecule has 0 amide bonds. The highest BCUT2D eigenvalue weighted by Crippen LogP contribution is 2.26. The van der Waals surface area contributed by atoms with E-state index >= 15 is 0 Å². The number of hydrogen-bond acceptors (Lipinski definition) is 4. The Balaban J connectivity index is 2.44. The lowest BCUT2D eigenvalue weighted by molar-refractivity contribution is -0.120. The van der Waals surface area contributed by atoms with E-state index in [1.165, 1.54) is 19.1 Å². The number of hydrogen-bond donors (Lipinski definition) is 0. The number of rotatable bonds is 11. The number of carbonyl (C=O) groups is 1. The first-order valence-corrected chi connectivity index (χ1v) is 10.8. The summed E-state index contributed by atoms with van der Waals surface area (Å²) in [6, 6.07) is 13.7. The Kier molecular flexibility index (Phi) is 8.10. The van der Waals surface area contributed by atoms with E-state index in [9.17, 15) is 17.6 Å². The van der Waals surface area contributed by atoms with Crippen molar-refractivity contribution in [3.8, 4) is 5.75 Å². The van der Waals surface area contributed by atoms with E-state index in [1.807, 2.05) is 13.0 Å². The van der Waals surface area contributed by atoms with Gasteiger partial charge in [-0.25, -0.2) is 12.8 Å². The number of nitrogens with zero attached hydrogens (tertiary/aromatic N) is 1. The molecule has 29 heavy (non-hydrogen) atoms. The first-order valence-electron chi connectivity index (χ1n) is 9.38. The van der Waals surface area contributed by atoms with E-state index in [0.717, 1.165) is 10.7 Å². The molecular formula is C22H26FNO4S. The molecule has 0 spiro atoms. The van der Waals surface area contributed by atoms with Gasteiger partial charge in [-0.3, -0.25) is 4.79 Å². The third kappa shape index (κ3) is 6.24. The van der Waals surface area contributed by atoms with Gasteiger partial charge in [0, 0.05) is 13.0 Å². The molecule has 0 aliphatic rings. The zero-order chi connectivity index (χ0) is 21.4. The van der Waals surface area contributed by atoms with E-state index in [-0.39, 0.29) is 17.9 Å². The number of sulfonamides is 1. The number of benzene rings is 2. The van der Waals surface area contributed by atoms with Crippen molar-refractivity contribution < 1.29 is 22.3 Å². The van der Waals surface area contributed by atoms with E-state index in [0.29, 0.717) is 17.9 Å². The van der Waals surface area contributed by atoms with Crippen LogP contribution in [-0.2, 0) is 21.4 Å². The Morgan fingerprint density at radius 1 is 1.14 bits per heavy atom. The summed E-state index contributed by atoms with van der Waals surface area (Å²) in [5.74, 6) is -0.645. The van der Waals surface area contributed by atoms with Crippen molar-refractivity contribution in [3.05, 3.63) is 72.6 Å². The van der Waals surface area contributed by atoms with Crippen molar-refractivity contribution in [2.75, 3.05) is 6.61 Å². The average Bonchev–Trinajstić information content (AvgIpc) is 2.69. The second kappa shape index (κ2) is 10.3. The van der Waals surface area contributed by atoms with E-state index in [2.05, 4.69) is 6.58 Å². The first-order chi connectivity index (χ1) is 13.8. The van der Waals surface area contributed by atoms with Crippen molar-refractivity contribution in [1.82, 2.24) is 4.31 Å². The molecule has 2 aromatic carbocycles. The molecule has 0 aliphatic heterocycles. The highest BCUT2D eigenvalue weighted by molar-refractivity contribution is 7.89. The molecule has 0 aromatic heterocycles. The Hall–Kier alpha value is -2.51. The lowest BCUT2D eigenvalue weighted by atomic mass is 10.1. The number of ketones is 1. The summed E-state index contributed by atoms with van der Waals surface area (Å²) in [7, 11) is -4.08. The van der Waals surface area contributed by atoms with E-state index in [1.54, 1.807) is 36.4 Å². The molecule has 0 saturated heterocycles. The first kappa shape index (κ1) is 22.8. The third-order valence-corrected chi connectivity index (χ3v) is 6.19. The van der Waals surface area contributed by atoms with Gasteiger partial charge in [0.15, 0.2) is 0 Å². The predicted octanol–water partition coefficient (Wildman–Crippen LogP) is 4.50. The Labute approximate surface area is 171 Å². The van der Waals surface area contributed by atoms with Crippen LogP contribution in [0.5, 0.6) is 5.75 Å². The third-order valence-electron chi connectivity index (χ3n) is 4.32. The van der Waals surface area contributed by atoms with Gasteiger partial charge in [-0.05, 0) is 43.2 Å². The summed E-state index contributed by atoms with van der Waals surface area (Å²) < 4.78 is 46.9. The van der Waals surface area contributed by atoms with Gasteiger partial charge in [-0.15, -0.1) is 0 Å². The Morgan fingerprint density at radius 3 is 2.28 bits per heavy atom. The second-order valence-corrected chi connectivity index (χ2v) is 8.59. The minimum absolute atomic E-state index is 0.00741. The molecule has 0 radical (unpaired) electrons. The van der Waals surface area contributed by atoms with E-state index in [4.69, 9.17) is 4.74 Å². The standard InChI is InChI=1S/C22H26FNO4S/c1-4-14-28-20-10-12-21(13-11-20)29(26,27)24(16-19-8-6-5-7-9-19)22(18(3)25)15-17(2)23/h5-13,22H,2,4,14-16H2,1,3H3/t22-/m0/s1. The number of carbonyl (C=O) groups excluding carboxylic acids is 1. The highest BCUT2D eigenvalue weighted by atomic mass is 32.2. The summed E-state index contributed by atoms with van der Waals surface area (Å²) in [4.78, 5) is 12.2. The van der Waals surface area contributed by atoms with Crippen LogP contribution in [0, 0.1) is 0 Å². The number of ether oxygens (including phenoxy) is 1. The van der Waals surface area contributed by atoms with Gasteiger partial charge in [0.1, 0.15) is 11.5 Å². The lowest BCUT2D eigenvalue weighted by Crippen LogP contribution is -2.43. The fourth-order valence-corrected chi connectivity index (χ4v) is 4.48. The quantitative estimate of drug-likeness (QED) is 0.538. The molecule has 0 aliphatic carbocycles. The van der Waals surface area contributed by atoms with Gasteiger partial charge in [0.2, 0.25) is 10.0 Å². The molecule has 0 saturated carbocycles. The van der Waals surface area contributed by atoms with Gasteiger partial charge in [-0.1, -0.05) is 43.8 Å². The molecule has 0 N–H and O–H groups in total. The highest BCUT2D eigenvalue weighted by Gasteiger charge is 2.34. The minimum atomic E-state index is -4.08. The van der Waals surface area contributed by atoms with Crippen LogP contribution < -0.4 is 4.74 Å². The van der Waals surface area contributed by atoms with Crippen LogP contribution >= 0.6 is 0 Å². The molecule has 7 heteroatoms. The molecule has 1 atom stereocenters. The lowest BCUT2D eigenvalue weighted by Gasteiger charge is -2.29. The smallest absolute Gasteiger partial charge is 0.244 e. The maximum absolute atomic E-state index is 13.6. The SMILES string of the molecule is C=C(F)C[C@@H](C(C)=O)N(Cc1ccccc1)S(=O)(=O)c1ccc(OCCC)cc1. The Bertz CT molecular complexity index is 927. The van der Waals surface area contributed by atoms with Crippen LogP contribution in [0.3, 0.4) is 0 Å². The molecule has 0 bridgehead atoms. The van der Waals surface area contributed by atoms with Crippen molar-refractivity contribution >= 4 is 15.8 Å². The molecule has 0 unspecified atom stereocenters. The van der Waals surface area contributed by atoms with Crippen LogP contribution in [0.4, 0.5) is 4.39 Å². The van der Waals surface area contributed by atoms with Gasteiger partial charge in [0.25, 0.3) is 0 Å². The molecule has 0 fully saturated rings. The van der Waals surface area contributed by atoms with Crippen LogP contribution in [-0.4, -0.2) is 31.2 Å². The summed E-state index contributed by atoms with van der Waals surface area (Å²) in [6.07, 6.45) is 0.442. The molecular weight excluding hydrogens is 393 g/mol. The Morgan fingerprint density at radius 2 is 1.76 bits per heavy atom. The average molecular weight is 420 g/mol. The normalized spacial score (nSPS) is 12.6. The summed E-state index contributed by atoms with van der Waals surface area (Å²) in [5.41, 5.74) is 0.690. The van der Waals surface area contributed by atoms with Crippen LogP contribution in [0.1, 0.15) is 32.3 Å². The summed E-state index contributed by atoms with van der Waals surface area (Å²) in [6.45, 7) is 6.90. The monoisotopic (exact) mass is 419 g/mol. The van der Waals surface area contributed by atoms with Crippen LogP contribution in [0.25, 0.3) is 0 Å². The van der Waals surface area contributed by atoms with Gasteiger partial charge < -0.3 is 4.74 Å². The maximum Gasteiger partial charge on any atom is 0.244 e. The van der Waals surface area contributed by atoms with Crippen molar-refractivity contribution in [2.24, 2.45) is 0 Å². The molecule has 2 aromatic rings. The topological polar surface area (TPSA) is 63.7 Å². The summed E-state index contributed by atoms with van der Waals surface area (Å²) in [5, 5.41) is 0. The van der Waals surface area contributed by atoms with E-state index < -0.39 is 27.7 Å². The predicted molar refractivity (Wildman–Crippen MR) is 111 cm³/mol. The molecule has 2 rings (SSSR count). The van der Waals surface area contributed by atoms with Gasteiger partial charge >= 0.3 is 0 Å². The van der Waals surface area contributed by atoms with Crippen molar-refractivity contribution in [1.29, 1.82) is 0 Å². The fraction of sp³-hybridized carbons (Fsp3) is 0.318. The molecule has 5 nitrogen and oxygen atoms in total. The number of Topliss-reactive ketones (excluding diaryl/α,β-unsaturated/α-hetero) is 1. The zero-order valence-electron chi connectivity index (χ0n) is 16.7. The largest absolute Gasteiger partial charge is 0.494 e. The molecule has 156 valence electrons. The van der Waals surface area contributed by atoms with Crippen LogP contribution in [0.15, 0.2) is 71.9 Å². The number of halogens is 1. The van der Waals surface area contributed by atoms with Gasteiger partial charge in [0.05, 0.1) is 23.4 Å². The second-order valence-electron chi connectivity index (χ2n) is 6.70. The van der Waals surface area contributed by atoms with Gasteiger partial charge in [-0.2, -0.15) is 4.31 Å². The van der Waals surface area contributed by atoms with Crippen molar-refractivity contribution in [3.63, 3.8) is 0 Å². The zero-order valence-corrected chi connectivity index (χ0v) is 17.5. The maximum atomic E-state index is 13.6. The summed E-state index contributed by atoms with van der Waals surface area (Å²) >= 11 is 0. The minimum Gasteiger partial charge on any atom is -0.494 e. The van der Waals surface area contributed by atoms with Crippen LogP contribution in [0.2, 0.25) is 0 Å².